The monoisotopic (exact) mass is 878 g/mol. The molecule has 4 saturated heterocycles. The molecule has 4 aromatic rings. The second kappa shape index (κ2) is 16.0. The van der Waals surface area contributed by atoms with Gasteiger partial charge >= 0.3 is 6.03 Å². The maximum Gasteiger partial charge on any atom is 0.331 e. The van der Waals surface area contributed by atoms with E-state index in [9.17, 15) is 32.8 Å². The smallest absolute Gasteiger partial charge is 0.331 e. The Bertz CT molecular complexity index is 2540. The summed E-state index contributed by atoms with van der Waals surface area (Å²) in [5.74, 6) is -0.296. The van der Waals surface area contributed by atoms with Crippen LogP contribution in [0.15, 0.2) is 48.8 Å². The molecule has 6 fully saturated rings. The van der Waals surface area contributed by atoms with Gasteiger partial charge in [0.25, 0.3) is 18.2 Å². The molecule has 0 radical (unpaired) electrons. The van der Waals surface area contributed by atoms with Gasteiger partial charge in [-0.25, -0.2) is 18.6 Å². The van der Waals surface area contributed by atoms with Crippen LogP contribution in [0.1, 0.15) is 110 Å². The third kappa shape index (κ3) is 7.31. The van der Waals surface area contributed by atoms with Crippen LogP contribution in [-0.4, -0.2) is 116 Å². The zero-order valence-electron chi connectivity index (χ0n) is 35.5. The molecule has 8 heterocycles. The molecule has 7 aliphatic rings. The Hall–Kier alpha value is -5.75. The lowest BCUT2D eigenvalue weighted by molar-refractivity contribution is -0.136. The Balaban J connectivity index is 0.645. The van der Waals surface area contributed by atoms with E-state index in [1.165, 1.54) is 4.57 Å². The topological polar surface area (TPSA) is 176 Å². The minimum atomic E-state index is -2.85. The number of benzene rings is 1. The summed E-state index contributed by atoms with van der Waals surface area (Å²) < 4.78 is 37.4. The Morgan fingerprint density at radius 3 is 2.48 bits per heavy atom. The average molecular weight is 879 g/mol. The molecule has 3 N–H and O–H groups in total. The lowest BCUT2D eigenvalue weighted by Gasteiger charge is -2.53. The van der Waals surface area contributed by atoms with E-state index in [0.29, 0.717) is 47.3 Å². The van der Waals surface area contributed by atoms with E-state index >= 15 is 0 Å². The first-order valence-electron chi connectivity index (χ1n) is 22.8. The van der Waals surface area contributed by atoms with Crippen LogP contribution in [0.4, 0.5) is 30.8 Å². The summed E-state index contributed by atoms with van der Waals surface area (Å²) in [5.41, 5.74) is 1.53. The minimum Gasteiger partial charge on any atom is -0.384 e. The van der Waals surface area contributed by atoms with Gasteiger partial charge in [0.2, 0.25) is 11.8 Å². The molecule has 1 aromatic carbocycles. The summed E-state index contributed by atoms with van der Waals surface area (Å²) in [6.07, 6.45) is 9.76. The van der Waals surface area contributed by atoms with Gasteiger partial charge in [0.15, 0.2) is 11.3 Å². The fourth-order valence-corrected chi connectivity index (χ4v) is 11.8. The van der Waals surface area contributed by atoms with Crippen LogP contribution in [0.25, 0.3) is 11.0 Å². The van der Waals surface area contributed by atoms with Crippen molar-refractivity contribution in [2.24, 2.45) is 17.3 Å². The van der Waals surface area contributed by atoms with Crippen molar-refractivity contribution in [3.05, 3.63) is 65.6 Å². The Labute approximate surface area is 368 Å². The number of imide groups is 2. The zero-order chi connectivity index (χ0) is 43.9. The summed E-state index contributed by atoms with van der Waals surface area (Å²) >= 11 is 0. The predicted molar refractivity (Wildman–Crippen MR) is 230 cm³/mol. The molecule has 18 heteroatoms. The van der Waals surface area contributed by atoms with Crippen molar-refractivity contribution in [3.63, 3.8) is 0 Å². The van der Waals surface area contributed by atoms with E-state index < -0.39 is 47.8 Å². The molecule has 3 atom stereocenters. The fourth-order valence-electron chi connectivity index (χ4n) is 11.8. The molecule has 16 nitrogen and oxygen atoms in total. The maximum atomic E-state index is 14.3. The number of nitrogens with zero attached hydrogens (tertiary/aromatic N) is 7. The van der Waals surface area contributed by atoms with Gasteiger partial charge in [0.05, 0.1) is 41.6 Å². The number of alkyl halides is 2. The lowest BCUT2D eigenvalue weighted by Crippen LogP contribution is -2.54. The number of pyridine rings is 1. The van der Waals surface area contributed by atoms with Crippen LogP contribution in [0, 0.1) is 17.3 Å². The maximum absolute atomic E-state index is 14.3. The molecule has 5 amide bonds. The van der Waals surface area contributed by atoms with Gasteiger partial charge in [-0.3, -0.25) is 38.6 Å². The van der Waals surface area contributed by atoms with E-state index in [2.05, 4.69) is 30.8 Å². The highest BCUT2D eigenvalue weighted by atomic mass is 19.3. The van der Waals surface area contributed by atoms with Crippen LogP contribution < -0.4 is 20.9 Å². The van der Waals surface area contributed by atoms with Crippen molar-refractivity contribution in [3.8, 4) is 0 Å². The zero-order valence-corrected chi connectivity index (χ0v) is 35.5. The van der Waals surface area contributed by atoms with Gasteiger partial charge < -0.3 is 25.2 Å². The molecule has 1 spiro atoms. The second-order valence-corrected chi connectivity index (χ2v) is 19.2. The van der Waals surface area contributed by atoms with Gasteiger partial charge in [-0.15, -0.1) is 0 Å². The number of rotatable bonds is 10. The highest BCUT2D eigenvalue weighted by Crippen LogP contribution is 2.53. The SMILES string of the molecule is O=C1CCC(N2C(=O)c3cccc(NCC4CC5(CCN(CC6CCC(n7cc(NC(=O)n8ccc9ccc(N%10C[C@H]%11CC%10CO%11)nc98)c(C(F)F)n7)CC6)CC5)C4)c3C2=O)C(=O)N1. The Morgan fingerprint density at radius 2 is 1.75 bits per heavy atom. The van der Waals surface area contributed by atoms with Crippen molar-refractivity contribution in [1.29, 1.82) is 0 Å². The quantitative estimate of drug-likeness (QED) is 0.160. The number of piperidine rings is 2. The largest absolute Gasteiger partial charge is 0.384 e. The van der Waals surface area contributed by atoms with Crippen molar-refractivity contribution >= 4 is 57.9 Å². The molecular formula is C46H52F2N10O6. The van der Waals surface area contributed by atoms with E-state index in [0.717, 1.165) is 100 Å². The summed E-state index contributed by atoms with van der Waals surface area (Å²) in [6.45, 7) is 5.20. The molecule has 2 unspecified atom stereocenters. The van der Waals surface area contributed by atoms with Gasteiger partial charge in [0, 0.05) is 49.5 Å². The molecule has 2 bridgehead atoms. The second-order valence-electron chi connectivity index (χ2n) is 19.2. The molecule has 2 aliphatic carbocycles. The van der Waals surface area contributed by atoms with Crippen LogP contribution in [0.3, 0.4) is 0 Å². The highest BCUT2D eigenvalue weighted by molar-refractivity contribution is 6.25. The molecule has 5 aliphatic heterocycles. The van der Waals surface area contributed by atoms with E-state index in [1.54, 1.807) is 41.3 Å². The predicted octanol–water partition coefficient (Wildman–Crippen LogP) is 5.96. The number of nitrogens with one attached hydrogen (secondary N) is 3. The van der Waals surface area contributed by atoms with Crippen molar-refractivity contribution < 1.29 is 37.5 Å². The first kappa shape index (κ1) is 41.0. The third-order valence-corrected chi connectivity index (χ3v) is 15.3. The normalized spacial score (nSPS) is 26.9. The van der Waals surface area contributed by atoms with Crippen molar-refractivity contribution in [1.82, 2.24) is 34.4 Å². The van der Waals surface area contributed by atoms with Crippen molar-refractivity contribution in [2.75, 3.05) is 54.9 Å². The molecule has 2 saturated carbocycles. The number of fused-ring (bicyclic) bond motifs is 4. The highest BCUT2D eigenvalue weighted by Gasteiger charge is 2.48. The van der Waals surface area contributed by atoms with E-state index in [-0.39, 0.29) is 42.3 Å². The number of carbonyl (C=O) groups is 5. The van der Waals surface area contributed by atoms with Crippen LogP contribution in [0.2, 0.25) is 0 Å². The Morgan fingerprint density at radius 1 is 0.938 bits per heavy atom. The van der Waals surface area contributed by atoms with E-state index in [4.69, 9.17) is 9.72 Å². The average Bonchev–Trinajstić information content (AvgIpc) is 4.13. The number of anilines is 3. The first-order chi connectivity index (χ1) is 31.0. The lowest BCUT2D eigenvalue weighted by atomic mass is 9.57. The summed E-state index contributed by atoms with van der Waals surface area (Å²) in [4.78, 5) is 75.1. The van der Waals surface area contributed by atoms with Gasteiger partial charge in [-0.05, 0) is 125 Å². The Kier molecular flexibility index (Phi) is 10.3. The van der Waals surface area contributed by atoms with Crippen molar-refractivity contribution in [2.45, 2.75) is 101 Å². The molecule has 11 rings (SSSR count). The summed E-state index contributed by atoms with van der Waals surface area (Å²) in [5, 5.41) is 13.5. The number of hydrogen-bond acceptors (Lipinski definition) is 11. The number of halogens is 2. The van der Waals surface area contributed by atoms with E-state index in [1.807, 2.05) is 12.1 Å². The van der Waals surface area contributed by atoms with Crippen LogP contribution >= 0.6 is 0 Å². The number of amides is 5. The minimum absolute atomic E-state index is 0.0129. The number of likely N-dealkylation sites (tertiary alicyclic amines) is 1. The molecule has 64 heavy (non-hydrogen) atoms. The van der Waals surface area contributed by atoms with Crippen LogP contribution in [0.5, 0.6) is 0 Å². The summed E-state index contributed by atoms with van der Waals surface area (Å²) in [7, 11) is 0. The summed E-state index contributed by atoms with van der Waals surface area (Å²) in [6, 6.07) is 9.51. The number of aromatic nitrogens is 4. The van der Waals surface area contributed by atoms with Crippen LogP contribution in [-0.2, 0) is 14.3 Å². The number of ether oxygens (including phenoxy) is 1. The number of hydrogen-bond donors (Lipinski definition) is 3. The van der Waals surface area contributed by atoms with Gasteiger partial charge in [-0.1, -0.05) is 6.07 Å². The number of carbonyl (C=O) groups excluding carboxylic acids is 5. The fraction of sp³-hybridized carbons (Fsp3) is 0.543. The van der Waals surface area contributed by atoms with Gasteiger partial charge in [0.1, 0.15) is 11.9 Å². The first-order valence-corrected chi connectivity index (χ1v) is 22.8. The van der Waals surface area contributed by atoms with Gasteiger partial charge in [-0.2, -0.15) is 5.10 Å². The number of morpholine rings is 1. The standard InChI is InChI=1S/C46H52F2N10O6/c47-40(48)39-34(50-45(63)55-15-12-28-6-10-36(51-41(28)55)56-23-31-18-30(56)25-64-31)24-57(53-39)29-7-4-26(5-8-29)22-54-16-13-46(14-17-54)19-27(20-46)21-49-33-3-1-2-32-38(33)44(62)58(43(32)61)35-9-11-37(59)52-42(35)60/h1-3,6,10,12,15,24,26-27,29-31,35,40,49H,4-5,7-9,11,13-14,16-23,25H2,(H,50,63)(H,52,59,60)/t26?,29?,30?,31-,35?/m1/s1. The molecular weight excluding hydrogens is 827 g/mol. The molecule has 3 aromatic heterocycles. The third-order valence-electron chi connectivity index (χ3n) is 15.3. The molecule has 336 valence electrons.